The SMILES string of the molecule is C[C@@H](CC(=O)N1C(=S)OC[C@H]1c1ccccc1)c1ccccc1. The molecule has 0 spiro atoms. The van der Waals surface area contributed by atoms with Gasteiger partial charge in [-0.05, 0) is 29.3 Å². The summed E-state index contributed by atoms with van der Waals surface area (Å²) in [5.41, 5.74) is 2.20. The first-order chi connectivity index (χ1) is 11.2. The summed E-state index contributed by atoms with van der Waals surface area (Å²) >= 11 is 5.25. The van der Waals surface area contributed by atoms with Gasteiger partial charge in [0, 0.05) is 6.42 Å². The quantitative estimate of drug-likeness (QED) is 0.794. The molecule has 0 aromatic heterocycles. The minimum atomic E-state index is -0.126. The van der Waals surface area contributed by atoms with Gasteiger partial charge < -0.3 is 4.74 Å². The number of carbonyl (C=O) groups excluding carboxylic acids is 1. The molecule has 0 saturated carbocycles. The van der Waals surface area contributed by atoms with Crippen LogP contribution in [0.25, 0.3) is 0 Å². The molecule has 1 saturated heterocycles. The Morgan fingerprint density at radius 2 is 1.78 bits per heavy atom. The molecule has 1 fully saturated rings. The molecule has 1 heterocycles. The first-order valence-electron chi connectivity index (χ1n) is 7.75. The minimum absolute atomic E-state index is 0.0118. The lowest BCUT2D eigenvalue weighted by Gasteiger charge is -2.23. The summed E-state index contributed by atoms with van der Waals surface area (Å²) in [5.74, 6) is 0.154. The van der Waals surface area contributed by atoms with E-state index in [4.69, 9.17) is 17.0 Å². The Morgan fingerprint density at radius 3 is 2.43 bits per heavy atom. The van der Waals surface area contributed by atoms with Crippen molar-refractivity contribution in [3.05, 3.63) is 71.8 Å². The Bertz CT molecular complexity index is 687. The van der Waals surface area contributed by atoms with Gasteiger partial charge in [0.15, 0.2) is 0 Å². The fourth-order valence-corrected chi connectivity index (χ4v) is 3.17. The summed E-state index contributed by atoms with van der Waals surface area (Å²) in [4.78, 5) is 14.4. The number of hydrogen-bond donors (Lipinski definition) is 0. The van der Waals surface area contributed by atoms with Crippen molar-refractivity contribution in [2.75, 3.05) is 6.61 Å². The van der Waals surface area contributed by atoms with Crippen molar-refractivity contribution in [2.24, 2.45) is 0 Å². The number of hydrogen-bond acceptors (Lipinski definition) is 3. The third-order valence-corrected chi connectivity index (χ3v) is 4.49. The summed E-state index contributed by atoms with van der Waals surface area (Å²) in [6, 6.07) is 19.8. The molecule has 0 radical (unpaired) electrons. The van der Waals surface area contributed by atoms with Crippen LogP contribution in [0.1, 0.15) is 36.4 Å². The van der Waals surface area contributed by atoms with Crippen LogP contribution in [0.3, 0.4) is 0 Å². The van der Waals surface area contributed by atoms with Crippen LogP contribution in [-0.4, -0.2) is 22.6 Å². The van der Waals surface area contributed by atoms with Gasteiger partial charge in [0.25, 0.3) is 5.17 Å². The topological polar surface area (TPSA) is 29.5 Å². The lowest BCUT2D eigenvalue weighted by Crippen LogP contribution is -2.34. The Hall–Kier alpha value is -2.20. The Kier molecular flexibility index (Phi) is 4.72. The van der Waals surface area contributed by atoms with Gasteiger partial charge in [0.05, 0.1) is 6.04 Å². The molecule has 3 rings (SSSR count). The van der Waals surface area contributed by atoms with Crippen LogP contribution in [0.4, 0.5) is 0 Å². The van der Waals surface area contributed by atoms with E-state index in [2.05, 4.69) is 6.92 Å². The minimum Gasteiger partial charge on any atom is -0.468 e. The summed E-state index contributed by atoms with van der Waals surface area (Å²) in [5, 5.41) is 0.282. The molecular formula is C19H19NO2S. The smallest absolute Gasteiger partial charge is 0.266 e. The van der Waals surface area contributed by atoms with E-state index in [-0.39, 0.29) is 23.0 Å². The van der Waals surface area contributed by atoms with E-state index in [0.717, 1.165) is 11.1 Å². The van der Waals surface area contributed by atoms with Crippen LogP contribution in [0.15, 0.2) is 60.7 Å². The van der Waals surface area contributed by atoms with Gasteiger partial charge in [0.1, 0.15) is 6.61 Å². The van der Waals surface area contributed by atoms with Crippen molar-refractivity contribution in [3.63, 3.8) is 0 Å². The maximum Gasteiger partial charge on any atom is 0.266 e. The molecule has 1 amide bonds. The summed E-state index contributed by atoms with van der Waals surface area (Å²) in [6.45, 7) is 2.49. The van der Waals surface area contributed by atoms with E-state index < -0.39 is 0 Å². The van der Waals surface area contributed by atoms with Crippen LogP contribution in [0, 0.1) is 0 Å². The largest absolute Gasteiger partial charge is 0.468 e. The third-order valence-electron chi connectivity index (χ3n) is 4.18. The molecule has 3 nitrogen and oxygen atoms in total. The van der Waals surface area contributed by atoms with Crippen molar-refractivity contribution in [2.45, 2.75) is 25.3 Å². The number of nitrogens with zero attached hydrogens (tertiary/aromatic N) is 1. The molecule has 0 unspecified atom stereocenters. The second-order valence-electron chi connectivity index (χ2n) is 5.78. The molecule has 0 N–H and O–H groups in total. The van der Waals surface area contributed by atoms with Gasteiger partial charge in [-0.25, -0.2) is 0 Å². The van der Waals surface area contributed by atoms with Crippen molar-refractivity contribution < 1.29 is 9.53 Å². The molecular weight excluding hydrogens is 306 g/mol. The first-order valence-corrected chi connectivity index (χ1v) is 8.16. The molecule has 0 bridgehead atoms. The average molecular weight is 325 g/mol. The van der Waals surface area contributed by atoms with E-state index in [9.17, 15) is 4.79 Å². The van der Waals surface area contributed by atoms with Gasteiger partial charge in [-0.2, -0.15) is 0 Å². The molecule has 4 heteroatoms. The number of rotatable bonds is 4. The van der Waals surface area contributed by atoms with Gasteiger partial charge in [-0.1, -0.05) is 67.6 Å². The second kappa shape index (κ2) is 6.92. The van der Waals surface area contributed by atoms with Crippen molar-refractivity contribution >= 4 is 23.3 Å². The van der Waals surface area contributed by atoms with E-state index in [1.54, 1.807) is 4.90 Å². The van der Waals surface area contributed by atoms with E-state index in [1.165, 1.54) is 0 Å². The van der Waals surface area contributed by atoms with E-state index in [0.29, 0.717) is 13.0 Å². The molecule has 2 atom stereocenters. The fourth-order valence-electron chi connectivity index (χ4n) is 2.88. The van der Waals surface area contributed by atoms with Crippen molar-refractivity contribution in [1.29, 1.82) is 0 Å². The highest BCUT2D eigenvalue weighted by atomic mass is 32.1. The number of ether oxygens (including phenoxy) is 1. The zero-order chi connectivity index (χ0) is 16.2. The monoisotopic (exact) mass is 325 g/mol. The molecule has 0 aliphatic carbocycles. The number of amides is 1. The highest BCUT2D eigenvalue weighted by molar-refractivity contribution is 7.80. The molecule has 1 aliphatic rings. The van der Waals surface area contributed by atoms with Crippen molar-refractivity contribution in [1.82, 2.24) is 4.90 Å². The molecule has 118 valence electrons. The average Bonchev–Trinajstić information content (AvgIpc) is 2.98. The zero-order valence-electron chi connectivity index (χ0n) is 13.0. The number of carbonyl (C=O) groups is 1. The Morgan fingerprint density at radius 1 is 1.17 bits per heavy atom. The summed E-state index contributed by atoms with van der Waals surface area (Å²) in [7, 11) is 0. The zero-order valence-corrected chi connectivity index (χ0v) is 13.8. The van der Waals surface area contributed by atoms with Crippen LogP contribution >= 0.6 is 12.2 Å². The lowest BCUT2D eigenvalue weighted by molar-refractivity contribution is -0.128. The van der Waals surface area contributed by atoms with Gasteiger partial charge in [-0.15, -0.1) is 0 Å². The Labute approximate surface area is 141 Å². The number of thiocarbonyl (C=S) groups is 1. The van der Waals surface area contributed by atoms with Gasteiger partial charge >= 0.3 is 0 Å². The molecule has 23 heavy (non-hydrogen) atoms. The normalized spacial score (nSPS) is 18.6. The molecule has 1 aliphatic heterocycles. The summed E-state index contributed by atoms with van der Waals surface area (Å²) < 4.78 is 5.48. The summed E-state index contributed by atoms with van der Waals surface area (Å²) in [6.07, 6.45) is 0.414. The van der Waals surface area contributed by atoms with Gasteiger partial charge in [-0.3, -0.25) is 9.69 Å². The first kappa shape index (κ1) is 15.7. The standard InChI is InChI=1S/C19H19NO2S/c1-14(15-8-4-2-5-9-15)12-18(21)20-17(13-22-19(20)23)16-10-6-3-7-11-16/h2-11,14,17H,12-13H2,1H3/t14-,17-/m0/s1. The second-order valence-corrected chi connectivity index (χ2v) is 6.13. The maximum atomic E-state index is 12.8. The lowest BCUT2D eigenvalue weighted by atomic mass is 9.96. The Balaban J connectivity index is 1.76. The molecule has 2 aromatic rings. The van der Waals surface area contributed by atoms with Crippen LogP contribution in [0.5, 0.6) is 0 Å². The van der Waals surface area contributed by atoms with E-state index >= 15 is 0 Å². The molecule has 2 aromatic carbocycles. The van der Waals surface area contributed by atoms with Crippen LogP contribution in [0.2, 0.25) is 0 Å². The maximum absolute atomic E-state index is 12.8. The predicted molar refractivity (Wildman–Crippen MR) is 94.1 cm³/mol. The third kappa shape index (κ3) is 3.42. The van der Waals surface area contributed by atoms with Crippen LogP contribution < -0.4 is 0 Å². The number of benzene rings is 2. The van der Waals surface area contributed by atoms with E-state index in [1.807, 2.05) is 60.7 Å². The van der Waals surface area contributed by atoms with Crippen molar-refractivity contribution in [3.8, 4) is 0 Å². The van der Waals surface area contributed by atoms with Gasteiger partial charge in [0.2, 0.25) is 5.91 Å². The fraction of sp³-hybridized carbons (Fsp3) is 0.263. The highest BCUT2D eigenvalue weighted by Crippen LogP contribution is 2.30. The predicted octanol–water partition coefficient (Wildman–Crippen LogP) is 4.07. The highest BCUT2D eigenvalue weighted by Gasteiger charge is 2.36. The van der Waals surface area contributed by atoms with Crippen LogP contribution in [-0.2, 0) is 9.53 Å².